The summed E-state index contributed by atoms with van der Waals surface area (Å²) in [6.07, 6.45) is 10.4. The minimum Gasteiger partial charge on any atom is -0.412 e. The van der Waals surface area contributed by atoms with Crippen LogP contribution in [0.1, 0.15) is 65.7 Å². The highest BCUT2D eigenvalue weighted by molar-refractivity contribution is 6.70. The molecule has 0 unspecified atom stereocenters. The zero-order valence-electron chi connectivity index (χ0n) is 26.1. The Hall–Kier alpha value is -0.966. The maximum absolute atomic E-state index is 7.34. The predicted molar refractivity (Wildman–Crippen MR) is 162 cm³/mol. The quantitative estimate of drug-likeness (QED) is 0.173. The predicted octanol–water partition coefficient (Wildman–Crippen LogP) is 7.64. The molecule has 0 aromatic heterocycles. The second-order valence-electron chi connectivity index (χ2n) is 15.0. The molecule has 0 amide bonds. The summed E-state index contributed by atoms with van der Waals surface area (Å²) >= 11 is 0. The Balaban J connectivity index is 1.74. The van der Waals surface area contributed by atoms with Crippen molar-refractivity contribution in [1.82, 2.24) is 0 Å². The van der Waals surface area contributed by atoms with Gasteiger partial charge in [-0.2, -0.15) is 0 Å². The minimum absolute atomic E-state index is 0.0171. The summed E-state index contributed by atoms with van der Waals surface area (Å²) in [5.41, 5.74) is 3.54. The minimum atomic E-state index is -1.91. The number of fused-ring (bicyclic) bond motifs is 5. The molecule has 0 aromatic carbocycles. The van der Waals surface area contributed by atoms with Gasteiger partial charge in [-0.05, 0) is 119 Å². The van der Waals surface area contributed by atoms with E-state index in [0.29, 0.717) is 30.3 Å². The fraction of sp³-hybridized carbons (Fsp3) is 0.867. The van der Waals surface area contributed by atoms with Gasteiger partial charge in [0.25, 0.3) is 0 Å². The normalized spacial score (nSPS) is 40.8. The summed E-state index contributed by atoms with van der Waals surface area (Å²) < 4.78 is 13.8. The van der Waals surface area contributed by atoms with Crippen LogP contribution in [0.15, 0.2) is 22.0 Å². The lowest BCUT2D eigenvalue weighted by Gasteiger charge is -2.61. The summed E-state index contributed by atoms with van der Waals surface area (Å²) in [4.78, 5) is 10.7. The largest absolute Gasteiger partial charge is 0.412 e. The third-order valence-corrected chi connectivity index (χ3v) is 12.4. The zero-order chi connectivity index (χ0) is 28.1. The van der Waals surface area contributed by atoms with E-state index in [1.165, 1.54) is 25.7 Å². The molecule has 38 heavy (non-hydrogen) atoms. The van der Waals surface area contributed by atoms with E-state index in [1.807, 2.05) is 0 Å². The Kier molecular flexibility index (Phi) is 8.26. The number of allylic oxidation sites excluding steroid dienone is 2. The van der Waals surface area contributed by atoms with Gasteiger partial charge < -0.3 is 18.5 Å². The van der Waals surface area contributed by atoms with Gasteiger partial charge >= 0.3 is 0 Å². The molecule has 6 nitrogen and oxygen atoms in total. The van der Waals surface area contributed by atoms with Gasteiger partial charge in [0.1, 0.15) is 25.5 Å². The van der Waals surface area contributed by atoms with E-state index < -0.39 is 22.2 Å². The number of rotatable bonds is 8. The third kappa shape index (κ3) is 5.24. The van der Waals surface area contributed by atoms with Crippen molar-refractivity contribution < 1.29 is 18.5 Å². The highest BCUT2D eigenvalue weighted by atomic mass is 28.4. The van der Waals surface area contributed by atoms with E-state index in [-0.39, 0.29) is 10.8 Å². The second-order valence-corrected chi connectivity index (χ2v) is 23.9. The van der Waals surface area contributed by atoms with Crippen LogP contribution in [0.5, 0.6) is 0 Å². The molecule has 0 N–H and O–H groups in total. The SMILES string of the molecule is CO/N=C1\C=C2[C@@H](C)C[C@@H]3[C@H](CC[C@@]4(C)[C@H]3CC[C@]4(O[Si](C)(C)C)/C(CO[Si](C)(C)C)=N\OC)[C@@]2(C)CC1. The van der Waals surface area contributed by atoms with E-state index in [0.717, 1.165) is 30.7 Å². The van der Waals surface area contributed by atoms with Crippen LogP contribution >= 0.6 is 0 Å². The summed E-state index contributed by atoms with van der Waals surface area (Å²) in [6, 6.07) is 0. The topological polar surface area (TPSA) is 61.6 Å². The smallest absolute Gasteiger partial charge is 0.185 e. The maximum Gasteiger partial charge on any atom is 0.185 e. The van der Waals surface area contributed by atoms with Crippen molar-refractivity contribution >= 4 is 28.1 Å². The molecule has 0 heterocycles. The maximum atomic E-state index is 7.34. The number of oxime groups is 2. The van der Waals surface area contributed by atoms with Crippen molar-refractivity contribution in [2.75, 3.05) is 20.8 Å². The lowest BCUT2D eigenvalue weighted by atomic mass is 9.44. The van der Waals surface area contributed by atoms with Gasteiger partial charge in [-0.3, -0.25) is 0 Å². The van der Waals surface area contributed by atoms with E-state index in [2.05, 4.69) is 71.3 Å². The van der Waals surface area contributed by atoms with Crippen LogP contribution in [0.3, 0.4) is 0 Å². The van der Waals surface area contributed by atoms with Crippen LogP contribution in [0.4, 0.5) is 0 Å². The standard InChI is InChI=1S/C30H54N2O4Si2/c1-21-18-23-24(28(2)15-12-22(31-33-4)19-26(21)28)13-16-29(3)25(23)14-17-30(29,36-38(9,10)11)27(32-34-5)20-35-37(6,7)8/h19,21,23-25H,12-18,20H2,1-11H3/b31-22-,32-27-/t21-,23+,24-,25-,28+,29-,30-/m0/s1. The lowest BCUT2D eigenvalue weighted by molar-refractivity contribution is -0.0956. The summed E-state index contributed by atoms with van der Waals surface area (Å²) in [6.45, 7) is 21.7. The van der Waals surface area contributed by atoms with Crippen LogP contribution in [-0.4, -0.2) is 54.5 Å². The van der Waals surface area contributed by atoms with E-state index in [9.17, 15) is 0 Å². The van der Waals surface area contributed by atoms with Crippen molar-refractivity contribution in [3.05, 3.63) is 11.6 Å². The van der Waals surface area contributed by atoms with Gasteiger partial charge in [-0.15, -0.1) is 0 Å². The molecule has 0 bridgehead atoms. The van der Waals surface area contributed by atoms with E-state index in [4.69, 9.17) is 23.7 Å². The van der Waals surface area contributed by atoms with Gasteiger partial charge in [0, 0.05) is 5.41 Å². The fourth-order valence-corrected chi connectivity index (χ4v) is 11.1. The van der Waals surface area contributed by atoms with Crippen molar-refractivity contribution in [3.8, 4) is 0 Å². The van der Waals surface area contributed by atoms with Crippen LogP contribution < -0.4 is 0 Å². The summed E-state index contributed by atoms with van der Waals surface area (Å²) in [5.74, 6) is 2.57. The van der Waals surface area contributed by atoms with Crippen LogP contribution in [0.2, 0.25) is 39.3 Å². The summed E-state index contributed by atoms with van der Waals surface area (Å²) in [7, 11) is -0.328. The lowest BCUT2D eigenvalue weighted by Crippen LogP contribution is -2.62. The first-order valence-electron chi connectivity index (χ1n) is 14.9. The molecular weight excluding hydrogens is 509 g/mol. The van der Waals surface area contributed by atoms with Crippen molar-refractivity contribution in [2.24, 2.45) is 44.8 Å². The first-order chi connectivity index (χ1) is 17.6. The molecule has 3 saturated carbocycles. The molecular formula is C30H54N2O4Si2. The molecule has 4 aliphatic rings. The van der Waals surface area contributed by atoms with E-state index >= 15 is 0 Å². The van der Waals surface area contributed by atoms with Crippen molar-refractivity contribution in [2.45, 2.75) is 111 Å². The molecule has 216 valence electrons. The molecule has 7 atom stereocenters. The van der Waals surface area contributed by atoms with Crippen molar-refractivity contribution in [1.29, 1.82) is 0 Å². The molecule has 0 spiro atoms. The number of hydrogen-bond acceptors (Lipinski definition) is 6. The Morgan fingerprint density at radius 1 is 0.947 bits per heavy atom. The fourth-order valence-electron chi connectivity index (χ4n) is 9.02. The van der Waals surface area contributed by atoms with Gasteiger partial charge in [0.2, 0.25) is 0 Å². The van der Waals surface area contributed by atoms with Gasteiger partial charge in [-0.25, -0.2) is 0 Å². The molecule has 4 aliphatic carbocycles. The average Bonchev–Trinajstić information content (AvgIpc) is 3.09. The summed E-state index contributed by atoms with van der Waals surface area (Å²) in [5, 5.41) is 9.03. The zero-order valence-corrected chi connectivity index (χ0v) is 28.1. The molecule has 8 heteroatoms. The van der Waals surface area contributed by atoms with Crippen LogP contribution in [0.25, 0.3) is 0 Å². The van der Waals surface area contributed by atoms with Gasteiger partial charge in [-0.1, -0.05) is 36.7 Å². The Labute approximate surface area is 234 Å². The van der Waals surface area contributed by atoms with Crippen LogP contribution in [-0.2, 0) is 18.5 Å². The molecule has 3 fully saturated rings. The Morgan fingerprint density at radius 3 is 2.24 bits per heavy atom. The number of hydrogen-bond donors (Lipinski definition) is 0. The first-order valence-corrected chi connectivity index (χ1v) is 21.7. The Morgan fingerprint density at radius 2 is 1.63 bits per heavy atom. The molecule has 4 rings (SSSR count). The van der Waals surface area contributed by atoms with Crippen molar-refractivity contribution in [3.63, 3.8) is 0 Å². The Bertz CT molecular complexity index is 984. The monoisotopic (exact) mass is 562 g/mol. The molecule has 0 aliphatic heterocycles. The molecule has 0 aromatic rings. The van der Waals surface area contributed by atoms with Crippen LogP contribution in [0, 0.1) is 34.5 Å². The second kappa shape index (κ2) is 10.5. The van der Waals surface area contributed by atoms with Gasteiger partial charge in [0.15, 0.2) is 16.6 Å². The highest BCUT2D eigenvalue weighted by Gasteiger charge is 2.67. The third-order valence-electron chi connectivity index (χ3n) is 10.4. The van der Waals surface area contributed by atoms with Gasteiger partial charge in [0.05, 0.1) is 12.3 Å². The highest BCUT2D eigenvalue weighted by Crippen LogP contribution is 2.69. The average molecular weight is 563 g/mol. The molecule has 0 radical (unpaired) electrons. The molecule has 0 saturated heterocycles. The van der Waals surface area contributed by atoms with E-state index in [1.54, 1.807) is 19.8 Å². The number of nitrogens with zero attached hydrogens (tertiary/aromatic N) is 2. The first kappa shape index (κ1) is 30.0.